The SMILES string of the molecule is Cc1cc(C)cc(C(=O)N(C[C@@H](C)C(=O)O)C2CC2)c1. The first kappa shape index (κ1) is 14.6. The Morgan fingerprint density at radius 2 is 1.80 bits per heavy atom. The zero-order chi connectivity index (χ0) is 14.9. The number of nitrogens with zero attached hydrogens (tertiary/aromatic N) is 1. The third kappa shape index (κ3) is 3.38. The van der Waals surface area contributed by atoms with Crippen molar-refractivity contribution >= 4 is 11.9 Å². The van der Waals surface area contributed by atoms with Crippen LogP contribution in [0.25, 0.3) is 0 Å². The summed E-state index contributed by atoms with van der Waals surface area (Å²) in [4.78, 5) is 25.4. The lowest BCUT2D eigenvalue weighted by Gasteiger charge is -2.24. The van der Waals surface area contributed by atoms with Gasteiger partial charge in [-0.15, -0.1) is 0 Å². The van der Waals surface area contributed by atoms with E-state index >= 15 is 0 Å². The van der Waals surface area contributed by atoms with Crippen LogP contribution in [0.3, 0.4) is 0 Å². The van der Waals surface area contributed by atoms with Gasteiger partial charge >= 0.3 is 5.97 Å². The van der Waals surface area contributed by atoms with Crippen LogP contribution < -0.4 is 0 Å². The average Bonchev–Trinajstić information content (AvgIpc) is 3.17. The summed E-state index contributed by atoms with van der Waals surface area (Å²) in [6.45, 7) is 5.86. The lowest BCUT2D eigenvalue weighted by Crippen LogP contribution is -2.38. The van der Waals surface area contributed by atoms with Gasteiger partial charge < -0.3 is 10.0 Å². The molecule has 4 nitrogen and oxygen atoms in total. The van der Waals surface area contributed by atoms with Gasteiger partial charge in [-0.25, -0.2) is 0 Å². The van der Waals surface area contributed by atoms with Crippen LogP contribution >= 0.6 is 0 Å². The Kier molecular flexibility index (Phi) is 4.12. The molecule has 1 atom stereocenters. The highest BCUT2D eigenvalue weighted by molar-refractivity contribution is 5.95. The molecular weight excluding hydrogens is 254 g/mol. The molecule has 1 fully saturated rings. The molecule has 2 rings (SSSR count). The molecule has 0 unspecified atom stereocenters. The molecule has 1 saturated carbocycles. The second-order valence-electron chi connectivity index (χ2n) is 5.80. The number of amides is 1. The van der Waals surface area contributed by atoms with Crippen molar-refractivity contribution in [3.63, 3.8) is 0 Å². The Morgan fingerprint density at radius 3 is 2.25 bits per heavy atom. The molecule has 4 heteroatoms. The summed E-state index contributed by atoms with van der Waals surface area (Å²) in [5.41, 5.74) is 2.76. The lowest BCUT2D eigenvalue weighted by atomic mass is 10.1. The highest BCUT2D eigenvalue weighted by Gasteiger charge is 2.34. The summed E-state index contributed by atoms with van der Waals surface area (Å²) in [6, 6.07) is 5.98. The largest absolute Gasteiger partial charge is 0.481 e. The number of carbonyl (C=O) groups excluding carboxylic acids is 1. The van der Waals surface area contributed by atoms with E-state index in [1.807, 2.05) is 32.0 Å². The molecule has 1 aromatic carbocycles. The van der Waals surface area contributed by atoms with Crippen LogP contribution in [-0.2, 0) is 4.79 Å². The highest BCUT2D eigenvalue weighted by Crippen LogP contribution is 2.29. The van der Waals surface area contributed by atoms with E-state index in [0.717, 1.165) is 24.0 Å². The fraction of sp³-hybridized carbons (Fsp3) is 0.500. The molecule has 1 aromatic rings. The Balaban J connectivity index is 2.20. The summed E-state index contributed by atoms with van der Waals surface area (Å²) in [5, 5.41) is 9.04. The number of hydrogen-bond acceptors (Lipinski definition) is 2. The third-order valence-electron chi connectivity index (χ3n) is 3.61. The molecule has 108 valence electrons. The molecule has 0 radical (unpaired) electrons. The Bertz CT molecular complexity index is 514. The van der Waals surface area contributed by atoms with E-state index < -0.39 is 11.9 Å². The Hall–Kier alpha value is -1.84. The van der Waals surface area contributed by atoms with Gasteiger partial charge in [0.05, 0.1) is 5.92 Å². The van der Waals surface area contributed by atoms with Gasteiger partial charge in [0.15, 0.2) is 0 Å². The minimum absolute atomic E-state index is 0.0487. The second kappa shape index (κ2) is 5.65. The van der Waals surface area contributed by atoms with Crippen molar-refractivity contribution in [3.05, 3.63) is 34.9 Å². The number of carboxylic acid groups (broad SMARTS) is 1. The molecule has 1 N–H and O–H groups in total. The van der Waals surface area contributed by atoms with E-state index in [1.165, 1.54) is 0 Å². The molecule has 0 heterocycles. The first-order valence-electron chi connectivity index (χ1n) is 7.00. The monoisotopic (exact) mass is 275 g/mol. The number of benzene rings is 1. The second-order valence-corrected chi connectivity index (χ2v) is 5.80. The van der Waals surface area contributed by atoms with Crippen LogP contribution in [0.4, 0.5) is 0 Å². The predicted molar refractivity (Wildman–Crippen MR) is 76.8 cm³/mol. The molecule has 0 aromatic heterocycles. The smallest absolute Gasteiger partial charge is 0.308 e. The van der Waals surface area contributed by atoms with E-state index in [-0.39, 0.29) is 18.5 Å². The van der Waals surface area contributed by atoms with Crippen molar-refractivity contribution in [1.82, 2.24) is 4.90 Å². The summed E-state index contributed by atoms with van der Waals surface area (Å²) in [6.07, 6.45) is 1.95. The average molecular weight is 275 g/mol. The highest BCUT2D eigenvalue weighted by atomic mass is 16.4. The van der Waals surface area contributed by atoms with Crippen molar-refractivity contribution < 1.29 is 14.7 Å². The van der Waals surface area contributed by atoms with E-state index in [4.69, 9.17) is 5.11 Å². The third-order valence-corrected chi connectivity index (χ3v) is 3.61. The summed E-state index contributed by atoms with van der Waals surface area (Å²) < 4.78 is 0. The molecule has 0 aliphatic heterocycles. The number of aryl methyl sites for hydroxylation is 2. The number of rotatable bonds is 5. The van der Waals surface area contributed by atoms with Crippen LogP contribution in [0.1, 0.15) is 41.3 Å². The molecule has 1 aliphatic rings. The van der Waals surface area contributed by atoms with Crippen molar-refractivity contribution in [2.45, 2.75) is 39.7 Å². The van der Waals surface area contributed by atoms with Crippen LogP contribution in [0, 0.1) is 19.8 Å². The van der Waals surface area contributed by atoms with Crippen LogP contribution in [-0.4, -0.2) is 34.5 Å². The zero-order valence-corrected chi connectivity index (χ0v) is 12.2. The molecule has 1 aliphatic carbocycles. The zero-order valence-electron chi connectivity index (χ0n) is 12.2. The first-order valence-corrected chi connectivity index (χ1v) is 7.00. The fourth-order valence-corrected chi connectivity index (χ4v) is 2.42. The summed E-state index contributed by atoms with van der Waals surface area (Å²) >= 11 is 0. The maximum absolute atomic E-state index is 12.6. The van der Waals surface area contributed by atoms with E-state index in [0.29, 0.717) is 5.56 Å². The molecular formula is C16H21NO3. The van der Waals surface area contributed by atoms with Gasteiger partial charge in [-0.2, -0.15) is 0 Å². The van der Waals surface area contributed by atoms with Gasteiger partial charge in [0, 0.05) is 18.2 Å². The quantitative estimate of drug-likeness (QED) is 0.898. The number of hydrogen-bond donors (Lipinski definition) is 1. The maximum atomic E-state index is 12.6. The maximum Gasteiger partial charge on any atom is 0.308 e. The molecule has 0 saturated heterocycles. The van der Waals surface area contributed by atoms with Gasteiger partial charge in [0.25, 0.3) is 5.91 Å². The molecule has 1 amide bonds. The van der Waals surface area contributed by atoms with Crippen molar-refractivity contribution in [2.24, 2.45) is 5.92 Å². The normalized spacial score (nSPS) is 15.8. The Morgan fingerprint density at radius 1 is 1.25 bits per heavy atom. The molecule has 0 spiro atoms. The van der Waals surface area contributed by atoms with E-state index in [1.54, 1.807) is 11.8 Å². The van der Waals surface area contributed by atoms with Crippen LogP contribution in [0.15, 0.2) is 18.2 Å². The summed E-state index contributed by atoms with van der Waals surface area (Å²) in [7, 11) is 0. The fourth-order valence-electron chi connectivity index (χ4n) is 2.42. The van der Waals surface area contributed by atoms with Crippen molar-refractivity contribution in [3.8, 4) is 0 Å². The van der Waals surface area contributed by atoms with Gasteiger partial charge in [-0.05, 0) is 38.8 Å². The molecule has 0 bridgehead atoms. The standard InChI is InChI=1S/C16H21NO3/c1-10-6-11(2)8-13(7-10)15(18)17(14-4-5-14)9-12(3)16(19)20/h6-8,12,14H,4-5,9H2,1-3H3,(H,19,20)/t12-/m1/s1. The van der Waals surface area contributed by atoms with Crippen LogP contribution in [0.2, 0.25) is 0 Å². The van der Waals surface area contributed by atoms with E-state index in [2.05, 4.69) is 0 Å². The van der Waals surface area contributed by atoms with Gasteiger partial charge in [0.2, 0.25) is 0 Å². The number of carbonyl (C=O) groups is 2. The minimum atomic E-state index is -0.858. The topological polar surface area (TPSA) is 57.6 Å². The van der Waals surface area contributed by atoms with E-state index in [9.17, 15) is 9.59 Å². The van der Waals surface area contributed by atoms with Gasteiger partial charge in [-0.1, -0.05) is 24.1 Å². The Labute approximate surface area is 119 Å². The van der Waals surface area contributed by atoms with Crippen LogP contribution in [0.5, 0.6) is 0 Å². The first-order chi connectivity index (χ1) is 9.38. The number of carboxylic acids is 1. The predicted octanol–water partition coefficient (Wildman–Crippen LogP) is 2.63. The minimum Gasteiger partial charge on any atom is -0.481 e. The van der Waals surface area contributed by atoms with Gasteiger partial charge in [0.1, 0.15) is 0 Å². The van der Waals surface area contributed by atoms with Crippen molar-refractivity contribution in [2.75, 3.05) is 6.54 Å². The van der Waals surface area contributed by atoms with Crippen molar-refractivity contribution in [1.29, 1.82) is 0 Å². The number of aliphatic carboxylic acids is 1. The lowest BCUT2D eigenvalue weighted by molar-refractivity contribution is -0.141. The molecule has 20 heavy (non-hydrogen) atoms. The summed E-state index contributed by atoms with van der Waals surface area (Å²) in [5.74, 6) is -1.44. The van der Waals surface area contributed by atoms with Gasteiger partial charge in [-0.3, -0.25) is 9.59 Å².